The molecule has 0 spiro atoms. The van der Waals surface area contributed by atoms with Crippen molar-refractivity contribution in [3.8, 4) is 0 Å². The lowest BCUT2D eigenvalue weighted by atomic mass is 10.1. The molecule has 0 radical (unpaired) electrons. The first-order valence-electron chi connectivity index (χ1n) is 4.98. The van der Waals surface area contributed by atoms with E-state index in [-0.39, 0.29) is 6.10 Å². The van der Waals surface area contributed by atoms with Crippen molar-refractivity contribution in [3.63, 3.8) is 0 Å². The van der Waals surface area contributed by atoms with Crippen molar-refractivity contribution in [2.45, 2.75) is 25.9 Å². The minimum atomic E-state index is -0.217. The Kier molecular flexibility index (Phi) is 2.63. The topological polar surface area (TPSA) is 49.2 Å². The van der Waals surface area contributed by atoms with Crippen molar-refractivity contribution in [1.82, 2.24) is 9.97 Å². The number of hydrogen-bond donors (Lipinski definition) is 1. The van der Waals surface area contributed by atoms with E-state index in [0.29, 0.717) is 6.54 Å². The van der Waals surface area contributed by atoms with E-state index in [1.54, 1.807) is 12.4 Å². The van der Waals surface area contributed by atoms with Crippen LogP contribution in [-0.2, 0) is 0 Å². The van der Waals surface area contributed by atoms with E-state index in [4.69, 9.17) is 0 Å². The highest BCUT2D eigenvalue weighted by molar-refractivity contribution is 5.42. The number of aromatic nitrogens is 2. The van der Waals surface area contributed by atoms with Gasteiger partial charge in [0.05, 0.1) is 11.8 Å². The molecule has 1 aromatic rings. The average Bonchev–Trinajstić information content (AvgIpc) is 2.18. The van der Waals surface area contributed by atoms with Gasteiger partial charge in [-0.05, 0) is 19.8 Å². The number of hydrogen-bond acceptors (Lipinski definition) is 4. The zero-order chi connectivity index (χ0) is 9.97. The molecule has 0 saturated carbocycles. The molecule has 1 N–H and O–H groups in total. The maximum absolute atomic E-state index is 9.54. The van der Waals surface area contributed by atoms with Gasteiger partial charge in [0.25, 0.3) is 0 Å². The third-order valence-electron chi connectivity index (χ3n) is 2.55. The standard InChI is InChI=1S/C10H15N3O/c1-8-10(12-5-4-11-8)13-6-2-3-9(14)7-13/h4-5,9,14H,2-3,6-7H2,1H3/t9-/m0/s1. The van der Waals surface area contributed by atoms with Crippen LogP contribution in [-0.4, -0.2) is 34.3 Å². The fourth-order valence-electron chi connectivity index (χ4n) is 1.86. The Bertz CT molecular complexity index is 316. The number of rotatable bonds is 1. The van der Waals surface area contributed by atoms with Gasteiger partial charge in [0, 0.05) is 25.5 Å². The van der Waals surface area contributed by atoms with Crippen LogP contribution in [0, 0.1) is 6.92 Å². The second-order valence-corrected chi connectivity index (χ2v) is 3.71. The molecule has 1 aliphatic heterocycles. The minimum Gasteiger partial charge on any atom is -0.391 e. The predicted molar refractivity (Wildman–Crippen MR) is 54.2 cm³/mol. The van der Waals surface area contributed by atoms with E-state index in [1.807, 2.05) is 6.92 Å². The van der Waals surface area contributed by atoms with Gasteiger partial charge in [-0.3, -0.25) is 4.98 Å². The van der Waals surface area contributed by atoms with Gasteiger partial charge in [-0.2, -0.15) is 0 Å². The SMILES string of the molecule is Cc1nccnc1N1CCC[C@H](O)C1. The van der Waals surface area contributed by atoms with Crippen LogP contribution in [0.15, 0.2) is 12.4 Å². The minimum absolute atomic E-state index is 0.217. The smallest absolute Gasteiger partial charge is 0.150 e. The lowest BCUT2D eigenvalue weighted by Gasteiger charge is -2.31. The summed E-state index contributed by atoms with van der Waals surface area (Å²) >= 11 is 0. The van der Waals surface area contributed by atoms with Crippen molar-refractivity contribution in [3.05, 3.63) is 18.1 Å². The Labute approximate surface area is 83.6 Å². The molecule has 0 bridgehead atoms. The van der Waals surface area contributed by atoms with Crippen molar-refractivity contribution in [1.29, 1.82) is 0 Å². The summed E-state index contributed by atoms with van der Waals surface area (Å²) < 4.78 is 0. The Morgan fingerprint density at radius 3 is 2.93 bits per heavy atom. The van der Waals surface area contributed by atoms with E-state index < -0.39 is 0 Å². The lowest BCUT2D eigenvalue weighted by molar-refractivity contribution is 0.154. The summed E-state index contributed by atoms with van der Waals surface area (Å²) in [4.78, 5) is 10.6. The first-order chi connectivity index (χ1) is 6.77. The van der Waals surface area contributed by atoms with Crippen molar-refractivity contribution in [2.24, 2.45) is 0 Å². The van der Waals surface area contributed by atoms with E-state index in [2.05, 4.69) is 14.9 Å². The number of aryl methyl sites for hydroxylation is 1. The monoisotopic (exact) mass is 193 g/mol. The van der Waals surface area contributed by atoms with Gasteiger partial charge in [-0.25, -0.2) is 4.98 Å². The highest BCUT2D eigenvalue weighted by atomic mass is 16.3. The summed E-state index contributed by atoms with van der Waals surface area (Å²) in [6.45, 7) is 3.60. The zero-order valence-electron chi connectivity index (χ0n) is 8.35. The average molecular weight is 193 g/mol. The number of anilines is 1. The van der Waals surface area contributed by atoms with Gasteiger partial charge in [0.1, 0.15) is 5.82 Å². The van der Waals surface area contributed by atoms with Gasteiger partial charge < -0.3 is 10.0 Å². The third-order valence-corrected chi connectivity index (χ3v) is 2.55. The van der Waals surface area contributed by atoms with Gasteiger partial charge in [-0.15, -0.1) is 0 Å². The van der Waals surface area contributed by atoms with E-state index in [0.717, 1.165) is 30.9 Å². The number of aliphatic hydroxyl groups excluding tert-OH is 1. The fraction of sp³-hybridized carbons (Fsp3) is 0.600. The van der Waals surface area contributed by atoms with E-state index >= 15 is 0 Å². The van der Waals surface area contributed by atoms with Crippen LogP contribution >= 0.6 is 0 Å². The first-order valence-corrected chi connectivity index (χ1v) is 4.98. The molecule has 76 valence electrons. The van der Waals surface area contributed by atoms with Gasteiger partial charge in [-0.1, -0.05) is 0 Å². The Hall–Kier alpha value is -1.16. The molecule has 4 heteroatoms. The van der Waals surface area contributed by atoms with Crippen LogP contribution in [0.1, 0.15) is 18.5 Å². The van der Waals surface area contributed by atoms with Crippen LogP contribution in [0.2, 0.25) is 0 Å². The van der Waals surface area contributed by atoms with Crippen LogP contribution in [0.4, 0.5) is 5.82 Å². The van der Waals surface area contributed by atoms with Gasteiger partial charge in [0.15, 0.2) is 0 Å². The summed E-state index contributed by atoms with van der Waals surface area (Å²) in [5, 5.41) is 9.54. The third kappa shape index (κ3) is 1.85. The normalized spacial score (nSPS) is 22.4. The summed E-state index contributed by atoms with van der Waals surface area (Å²) in [6.07, 6.45) is 5.10. The number of nitrogens with zero attached hydrogens (tertiary/aromatic N) is 3. The summed E-state index contributed by atoms with van der Waals surface area (Å²) in [7, 11) is 0. The molecule has 0 aromatic carbocycles. The zero-order valence-corrected chi connectivity index (χ0v) is 8.35. The molecule has 1 aromatic heterocycles. The number of aliphatic hydroxyl groups is 1. The van der Waals surface area contributed by atoms with Gasteiger partial charge >= 0.3 is 0 Å². The van der Waals surface area contributed by atoms with Gasteiger partial charge in [0.2, 0.25) is 0 Å². The summed E-state index contributed by atoms with van der Waals surface area (Å²) in [5.74, 6) is 0.909. The molecule has 1 saturated heterocycles. The van der Waals surface area contributed by atoms with E-state index in [1.165, 1.54) is 0 Å². The Balaban J connectivity index is 2.18. The molecule has 4 nitrogen and oxygen atoms in total. The Morgan fingerprint density at radius 2 is 2.21 bits per heavy atom. The van der Waals surface area contributed by atoms with Crippen molar-refractivity contribution >= 4 is 5.82 Å². The van der Waals surface area contributed by atoms with Crippen LogP contribution in [0.5, 0.6) is 0 Å². The highest BCUT2D eigenvalue weighted by Gasteiger charge is 2.19. The maximum Gasteiger partial charge on any atom is 0.150 e. The second kappa shape index (κ2) is 3.92. The first kappa shape index (κ1) is 9.40. The molecule has 0 aliphatic carbocycles. The second-order valence-electron chi connectivity index (χ2n) is 3.71. The maximum atomic E-state index is 9.54. The molecule has 1 aliphatic rings. The Morgan fingerprint density at radius 1 is 1.43 bits per heavy atom. The summed E-state index contributed by atoms with van der Waals surface area (Å²) in [6, 6.07) is 0. The van der Waals surface area contributed by atoms with Crippen LogP contribution in [0.3, 0.4) is 0 Å². The molecule has 0 amide bonds. The molecule has 2 heterocycles. The molecule has 2 rings (SSSR count). The highest BCUT2D eigenvalue weighted by Crippen LogP contribution is 2.19. The summed E-state index contributed by atoms with van der Waals surface area (Å²) in [5.41, 5.74) is 0.932. The van der Waals surface area contributed by atoms with E-state index in [9.17, 15) is 5.11 Å². The van der Waals surface area contributed by atoms with Crippen molar-refractivity contribution < 1.29 is 5.11 Å². The van der Waals surface area contributed by atoms with Crippen molar-refractivity contribution in [2.75, 3.05) is 18.0 Å². The fourth-order valence-corrected chi connectivity index (χ4v) is 1.86. The molecule has 0 unspecified atom stereocenters. The number of β-amino-alcohol motifs (C(OH)–C–C–N with tert-alkyl or cyclic N) is 1. The molecule has 1 atom stereocenters. The molecule has 1 fully saturated rings. The quantitative estimate of drug-likeness (QED) is 0.715. The largest absolute Gasteiger partial charge is 0.391 e. The molecular formula is C10H15N3O. The lowest BCUT2D eigenvalue weighted by Crippen LogP contribution is -2.39. The van der Waals surface area contributed by atoms with Crippen LogP contribution in [0.25, 0.3) is 0 Å². The molecular weight excluding hydrogens is 178 g/mol. The molecule has 14 heavy (non-hydrogen) atoms. The number of piperidine rings is 1. The predicted octanol–water partition coefficient (Wildman–Crippen LogP) is 0.746. The van der Waals surface area contributed by atoms with Crippen LogP contribution < -0.4 is 4.90 Å².